The molecule has 0 saturated heterocycles. The summed E-state index contributed by atoms with van der Waals surface area (Å²) in [6.45, 7) is 4.78. The molecule has 1 heterocycles. The van der Waals surface area contributed by atoms with Crippen molar-refractivity contribution < 1.29 is 0 Å². The molecule has 0 aliphatic heterocycles. The standard InChI is InChI=1S/C51H34S/c1-51(2)44-25-23-34(28-41(44)42-29-43-47(30-45(42)51)52-46-26-24-31-13-6-7-18-36(31)50(43)46)33-16-12-17-35(27-33)49-39-21-10-8-19-37(39)48(32-14-4-3-5-15-32)38-20-9-11-22-40(38)49/h3-30H,1-2H3. The Balaban J connectivity index is 1.10. The molecule has 1 heteroatoms. The maximum absolute atomic E-state index is 2.50. The summed E-state index contributed by atoms with van der Waals surface area (Å²) in [7, 11) is 0. The summed E-state index contributed by atoms with van der Waals surface area (Å²) in [4.78, 5) is 0. The van der Waals surface area contributed by atoms with Crippen molar-refractivity contribution in [3.63, 3.8) is 0 Å². The molecule has 0 atom stereocenters. The second-order valence-corrected chi connectivity index (χ2v) is 15.9. The highest BCUT2D eigenvalue weighted by atomic mass is 32.1. The first-order chi connectivity index (χ1) is 25.5. The first-order valence-electron chi connectivity index (χ1n) is 18.2. The van der Waals surface area contributed by atoms with Gasteiger partial charge in [-0.1, -0.05) is 153 Å². The number of fused-ring (bicyclic) bond motifs is 10. The molecule has 0 fully saturated rings. The number of rotatable bonds is 3. The second-order valence-electron chi connectivity index (χ2n) is 14.8. The topological polar surface area (TPSA) is 0 Å². The number of hydrogen-bond acceptors (Lipinski definition) is 1. The quantitative estimate of drug-likeness (QED) is 0.163. The fourth-order valence-corrected chi connectivity index (χ4v) is 10.3. The van der Waals surface area contributed by atoms with E-state index in [9.17, 15) is 0 Å². The minimum absolute atomic E-state index is 0.0736. The normalized spacial score (nSPS) is 13.3. The van der Waals surface area contributed by atoms with Gasteiger partial charge in [-0.2, -0.15) is 0 Å². The molecule has 0 spiro atoms. The summed E-state index contributed by atoms with van der Waals surface area (Å²) < 4.78 is 2.73. The zero-order valence-corrected chi connectivity index (χ0v) is 29.9. The lowest BCUT2D eigenvalue weighted by molar-refractivity contribution is 0.661. The highest BCUT2D eigenvalue weighted by Crippen LogP contribution is 2.53. The Kier molecular flexibility index (Phi) is 6.27. The van der Waals surface area contributed by atoms with Crippen molar-refractivity contribution >= 4 is 63.8 Å². The highest BCUT2D eigenvalue weighted by Gasteiger charge is 2.36. The van der Waals surface area contributed by atoms with Crippen LogP contribution in [0.1, 0.15) is 25.0 Å². The van der Waals surface area contributed by atoms with Gasteiger partial charge in [0.05, 0.1) is 0 Å². The van der Waals surface area contributed by atoms with Gasteiger partial charge in [-0.05, 0) is 118 Å². The van der Waals surface area contributed by atoms with Gasteiger partial charge in [0.2, 0.25) is 0 Å². The van der Waals surface area contributed by atoms with E-state index in [4.69, 9.17) is 0 Å². The fourth-order valence-electron chi connectivity index (χ4n) is 9.18. The van der Waals surface area contributed by atoms with Crippen molar-refractivity contribution in [1.82, 2.24) is 0 Å². The van der Waals surface area contributed by atoms with Gasteiger partial charge in [0.15, 0.2) is 0 Å². The third-order valence-corrected chi connectivity index (χ3v) is 12.8. The minimum atomic E-state index is -0.0736. The SMILES string of the molecule is CC1(C)c2ccc(-c3cccc(-c4c5ccccc5c(-c5ccccc5)c5ccccc45)c3)cc2-c2cc3c(cc21)sc1ccc2ccccc2c13. The predicted octanol–water partition coefficient (Wildman–Crippen LogP) is 14.8. The van der Waals surface area contributed by atoms with Crippen LogP contribution in [0.3, 0.4) is 0 Å². The highest BCUT2D eigenvalue weighted by molar-refractivity contribution is 7.26. The van der Waals surface area contributed by atoms with E-state index in [0.717, 1.165) is 0 Å². The molecule has 0 amide bonds. The maximum atomic E-state index is 2.50. The molecule has 1 aliphatic rings. The molecule has 52 heavy (non-hydrogen) atoms. The molecule has 9 aromatic carbocycles. The lowest BCUT2D eigenvalue weighted by Gasteiger charge is -2.21. The third-order valence-electron chi connectivity index (χ3n) is 11.6. The van der Waals surface area contributed by atoms with Gasteiger partial charge < -0.3 is 0 Å². The van der Waals surface area contributed by atoms with Crippen LogP contribution in [-0.4, -0.2) is 0 Å². The van der Waals surface area contributed by atoms with E-state index in [2.05, 4.69) is 184 Å². The van der Waals surface area contributed by atoms with E-state index < -0.39 is 0 Å². The van der Waals surface area contributed by atoms with E-state index in [1.165, 1.54) is 108 Å². The number of hydrogen-bond donors (Lipinski definition) is 0. The van der Waals surface area contributed by atoms with Crippen molar-refractivity contribution in [2.45, 2.75) is 19.3 Å². The lowest BCUT2D eigenvalue weighted by atomic mass is 9.82. The number of benzene rings is 9. The number of thiophene rings is 1. The Morgan fingerprint density at radius 2 is 0.942 bits per heavy atom. The van der Waals surface area contributed by atoms with Gasteiger partial charge in [-0.15, -0.1) is 11.3 Å². The van der Waals surface area contributed by atoms with Gasteiger partial charge in [-0.3, -0.25) is 0 Å². The van der Waals surface area contributed by atoms with Crippen LogP contribution in [0.25, 0.3) is 97.0 Å². The van der Waals surface area contributed by atoms with Crippen molar-refractivity contribution in [1.29, 1.82) is 0 Å². The van der Waals surface area contributed by atoms with Crippen LogP contribution < -0.4 is 0 Å². The molecule has 0 bridgehead atoms. The summed E-state index contributed by atoms with van der Waals surface area (Å²) in [5, 5.41) is 10.5. The van der Waals surface area contributed by atoms with Crippen molar-refractivity contribution in [3.8, 4) is 44.5 Å². The third kappa shape index (κ3) is 4.21. The van der Waals surface area contributed by atoms with Crippen LogP contribution in [0.5, 0.6) is 0 Å². The summed E-state index contributed by atoms with van der Waals surface area (Å²) in [5.74, 6) is 0. The molecule has 0 radical (unpaired) electrons. The molecular formula is C51H34S. The van der Waals surface area contributed by atoms with Crippen LogP contribution in [0.2, 0.25) is 0 Å². The summed E-state index contributed by atoms with van der Waals surface area (Å²) in [6, 6.07) is 63.4. The monoisotopic (exact) mass is 678 g/mol. The van der Waals surface area contributed by atoms with Gasteiger partial charge >= 0.3 is 0 Å². The lowest BCUT2D eigenvalue weighted by Crippen LogP contribution is -2.14. The zero-order chi connectivity index (χ0) is 34.6. The first-order valence-corrected chi connectivity index (χ1v) is 19.0. The second kappa shape index (κ2) is 11.0. The molecule has 0 unspecified atom stereocenters. The predicted molar refractivity (Wildman–Crippen MR) is 226 cm³/mol. The molecule has 244 valence electrons. The van der Waals surface area contributed by atoms with Crippen LogP contribution in [-0.2, 0) is 5.41 Å². The molecule has 10 aromatic rings. The molecule has 1 aliphatic carbocycles. The molecular weight excluding hydrogens is 645 g/mol. The van der Waals surface area contributed by atoms with Crippen LogP contribution in [0.4, 0.5) is 0 Å². The summed E-state index contributed by atoms with van der Waals surface area (Å²) >= 11 is 1.92. The van der Waals surface area contributed by atoms with Crippen LogP contribution >= 0.6 is 11.3 Å². The maximum Gasteiger partial charge on any atom is 0.0361 e. The average Bonchev–Trinajstić information content (AvgIpc) is 3.67. The van der Waals surface area contributed by atoms with E-state index in [1.54, 1.807) is 0 Å². The Labute approximate surface area is 307 Å². The van der Waals surface area contributed by atoms with E-state index in [1.807, 2.05) is 11.3 Å². The van der Waals surface area contributed by atoms with Crippen molar-refractivity contribution in [2.24, 2.45) is 0 Å². The van der Waals surface area contributed by atoms with Gasteiger partial charge in [0.1, 0.15) is 0 Å². The average molecular weight is 679 g/mol. The van der Waals surface area contributed by atoms with Gasteiger partial charge in [0, 0.05) is 25.6 Å². The molecule has 0 nitrogen and oxygen atoms in total. The Bertz CT molecular complexity index is 3030. The molecule has 1 aromatic heterocycles. The largest absolute Gasteiger partial charge is 0.135 e. The fraction of sp³-hybridized carbons (Fsp3) is 0.0588. The molecule has 0 saturated carbocycles. The van der Waals surface area contributed by atoms with Crippen LogP contribution in [0.15, 0.2) is 170 Å². The minimum Gasteiger partial charge on any atom is -0.135 e. The summed E-state index contributed by atoms with van der Waals surface area (Å²) in [5.41, 5.74) is 13.0. The van der Waals surface area contributed by atoms with E-state index in [-0.39, 0.29) is 5.41 Å². The van der Waals surface area contributed by atoms with E-state index >= 15 is 0 Å². The Hall–Kier alpha value is -6.02. The Morgan fingerprint density at radius 1 is 0.365 bits per heavy atom. The van der Waals surface area contributed by atoms with Crippen LogP contribution in [0, 0.1) is 0 Å². The first kappa shape index (κ1) is 29.7. The van der Waals surface area contributed by atoms with Crippen molar-refractivity contribution in [3.05, 3.63) is 181 Å². The van der Waals surface area contributed by atoms with Gasteiger partial charge in [-0.25, -0.2) is 0 Å². The molecule has 0 N–H and O–H groups in total. The van der Waals surface area contributed by atoms with E-state index in [0.29, 0.717) is 0 Å². The molecule has 11 rings (SSSR count). The zero-order valence-electron chi connectivity index (χ0n) is 29.1. The van der Waals surface area contributed by atoms with Crippen molar-refractivity contribution in [2.75, 3.05) is 0 Å². The Morgan fingerprint density at radius 3 is 1.67 bits per heavy atom. The summed E-state index contributed by atoms with van der Waals surface area (Å²) in [6.07, 6.45) is 0. The smallest absolute Gasteiger partial charge is 0.0361 e. The van der Waals surface area contributed by atoms with Gasteiger partial charge in [0.25, 0.3) is 0 Å².